The molecule has 2 heterocycles. The minimum absolute atomic E-state index is 0.0975. The van der Waals surface area contributed by atoms with Gasteiger partial charge < -0.3 is 14.8 Å². The van der Waals surface area contributed by atoms with Crippen LogP contribution < -0.4 is 5.32 Å². The molecule has 1 aliphatic carbocycles. The van der Waals surface area contributed by atoms with Crippen molar-refractivity contribution in [3.05, 3.63) is 36.3 Å². The van der Waals surface area contributed by atoms with Crippen LogP contribution in [-0.4, -0.2) is 26.6 Å². The summed E-state index contributed by atoms with van der Waals surface area (Å²) in [6.07, 6.45) is 7.41. The highest BCUT2D eigenvalue weighted by Crippen LogP contribution is 2.20. The first-order chi connectivity index (χ1) is 7.83. The van der Waals surface area contributed by atoms with Crippen molar-refractivity contribution in [2.45, 2.75) is 31.5 Å². The van der Waals surface area contributed by atoms with Gasteiger partial charge in [0.15, 0.2) is 0 Å². The number of nitrogens with zero attached hydrogens (tertiary/aromatic N) is 2. The van der Waals surface area contributed by atoms with Gasteiger partial charge in [-0.1, -0.05) is 6.07 Å². The molecule has 0 amide bonds. The van der Waals surface area contributed by atoms with Crippen LogP contribution in [0.25, 0.3) is 5.65 Å². The van der Waals surface area contributed by atoms with Gasteiger partial charge in [0.1, 0.15) is 5.65 Å². The fourth-order valence-corrected chi connectivity index (χ4v) is 2.16. The Balaban J connectivity index is 1.71. The topological polar surface area (TPSA) is 49.6 Å². The molecule has 4 heteroatoms. The molecule has 0 atom stereocenters. The predicted molar refractivity (Wildman–Crippen MR) is 61.1 cm³/mol. The average molecular weight is 217 g/mol. The van der Waals surface area contributed by atoms with Crippen molar-refractivity contribution in [2.24, 2.45) is 0 Å². The van der Waals surface area contributed by atoms with E-state index in [1.165, 1.54) is 5.56 Å². The number of aromatic nitrogens is 2. The number of rotatable bonds is 3. The lowest BCUT2D eigenvalue weighted by Crippen LogP contribution is -2.43. The van der Waals surface area contributed by atoms with Crippen molar-refractivity contribution in [1.29, 1.82) is 0 Å². The second kappa shape index (κ2) is 3.88. The third-order valence-electron chi connectivity index (χ3n) is 3.19. The van der Waals surface area contributed by atoms with Gasteiger partial charge in [-0.2, -0.15) is 0 Å². The molecule has 0 radical (unpaired) electrons. The Kier molecular flexibility index (Phi) is 2.38. The van der Waals surface area contributed by atoms with E-state index >= 15 is 0 Å². The first-order valence-corrected chi connectivity index (χ1v) is 5.65. The minimum atomic E-state index is -0.0975. The maximum Gasteiger partial charge on any atom is 0.141 e. The molecule has 4 nitrogen and oxygen atoms in total. The summed E-state index contributed by atoms with van der Waals surface area (Å²) in [6.45, 7) is 0.818. The van der Waals surface area contributed by atoms with Gasteiger partial charge in [0.2, 0.25) is 0 Å². The normalized spacial score (nSPS) is 24.6. The van der Waals surface area contributed by atoms with E-state index < -0.39 is 0 Å². The van der Waals surface area contributed by atoms with Gasteiger partial charge in [0.25, 0.3) is 0 Å². The Labute approximate surface area is 93.9 Å². The third-order valence-corrected chi connectivity index (χ3v) is 3.19. The summed E-state index contributed by atoms with van der Waals surface area (Å²) in [7, 11) is 0. The molecule has 2 aromatic rings. The molecule has 0 bridgehead atoms. The zero-order valence-electron chi connectivity index (χ0n) is 9.00. The molecule has 2 aromatic heterocycles. The number of pyridine rings is 1. The van der Waals surface area contributed by atoms with Crippen molar-refractivity contribution in [1.82, 2.24) is 14.7 Å². The summed E-state index contributed by atoms with van der Waals surface area (Å²) >= 11 is 0. The monoisotopic (exact) mass is 217 g/mol. The van der Waals surface area contributed by atoms with Crippen LogP contribution in [0.2, 0.25) is 0 Å². The number of aliphatic hydroxyl groups excluding tert-OH is 1. The SMILES string of the molecule is O[C@H]1C[C@H](NCc2cccn3ccnc23)C1. The van der Waals surface area contributed by atoms with Crippen LogP contribution >= 0.6 is 0 Å². The molecule has 0 unspecified atom stereocenters. The Hall–Kier alpha value is -1.39. The van der Waals surface area contributed by atoms with Crippen molar-refractivity contribution < 1.29 is 5.11 Å². The van der Waals surface area contributed by atoms with Gasteiger partial charge in [-0.05, 0) is 18.9 Å². The predicted octanol–water partition coefficient (Wildman–Crippen LogP) is 0.947. The van der Waals surface area contributed by atoms with Crippen LogP contribution in [0.4, 0.5) is 0 Å². The molecule has 0 aromatic carbocycles. The molecule has 0 spiro atoms. The summed E-state index contributed by atoms with van der Waals surface area (Å²) in [5, 5.41) is 12.6. The fraction of sp³-hybridized carbons (Fsp3) is 0.417. The highest BCUT2D eigenvalue weighted by Gasteiger charge is 2.26. The maximum absolute atomic E-state index is 9.20. The number of aliphatic hydroxyl groups is 1. The quantitative estimate of drug-likeness (QED) is 0.804. The second-order valence-electron chi connectivity index (χ2n) is 4.39. The molecule has 16 heavy (non-hydrogen) atoms. The van der Waals surface area contributed by atoms with Crippen molar-refractivity contribution >= 4 is 5.65 Å². The van der Waals surface area contributed by atoms with E-state index in [1.807, 2.05) is 29.1 Å². The molecule has 0 saturated heterocycles. The van der Waals surface area contributed by atoms with E-state index in [4.69, 9.17) is 0 Å². The van der Waals surface area contributed by atoms with Gasteiger partial charge in [-0.15, -0.1) is 0 Å². The number of hydrogen-bond acceptors (Lipinski definition) is 3. The van der Waals surface area contributed by atoms with Crippen molar-refractivity contribution in [2.75, 3.05) is 0 Å². The molecule has 1 aliphatic rings. The number of nitrogens with one attached hydrogen (secondary N) is 1. The van der Waals surface area contributed by atoms with E-state index in [1.54, 1.807) is 0 Å². The summed E-state index contributed by atoms with van der Waals surface area (Å²) in [6, 6.07) is 4.58. The van der Waals surface area contributed by atoms with Crippen LogP contribution in [0.15, 0.2) is 30.7 Å². The highest BCUT2D eigenvalue weighted by molar-refractivity contribution is 5.47. The van der Waals surface area contributed by atoms with E-state index in [9.17, 15) is 5.11 Å². The van der Waals surface area contributed by atoms with Gasteiger partial charge in [-0.3, -0.25) is 0 Å². The van der Waals surface area contributed by atoms with Crippen LogP contribution in [0.5, 0.6) is 0 Å². The smallest absolute Gasteiger partial charge is 0.141 e. The van der Waals surface area contributed by atoms with Crippen molar-refractivity contribution in [3.8, 4) is 0 Å². The summed E-state index contributed by atoms with van der Waals surface area (Å²) in [5.41, 5.74) is 2.21. The van der Waals surface area contributed by atoms with E-state index in [-0.39, 0.29) is 6.10 Å². The van der Waals surface area contributed by atoms with Crippen LogP contribution in [0, 0.1) is 0 Å². The third kappa shape index (κ3) is 1.70. The zero-order chi connectivity index (χ0) is 11.0. The molecular weight excluding hydrogens is 202 g/mol. The molecule has 0 aliphatic heterocycles. The molecule has 2 N–H and O–H groups in total. The van der Waals surface area contributed by atoms with Gasteiger partial charge >= 0.3 is 0 Å². The Bertz CT molecular complexity index is 488. The molecular formula is C12H15N3O. The van der Waals surface area contributed by atoms with Crippen LogP contribution in [0.1, 0.15) is 18.4 Å². The summed E-state index contributed by atoms with van der Waals surface area (Å²) in [4.78, 5) is 4.33. The Morgan fingerprint density at radius 2 is 2.31 bits per heavy atom. The largest absolute Gasteiger partial charge is 0.393 e. The van der Waals surface area contributed by atoms with Crippen molar-refractivity contribution in [3.63, 3.8) is 0 Å². The van der Waals surface area contributed by atoms with E-state index in [2.05, 4.69) is 16.4 Å². The second-order valence-corrected chi connectivity index (χ2v) is 4.39. The fourth-order valence-electron chi connectivity index (χ4n) is 2.16. The number of imidazole rings is 1. The van der Waals surface area contributed by atoms with Gasteiger partial charge in [0, 0.05) is 36.7 Å². The number of fused-ring (bicyclic) bond motifs is 1. The average Bonchev–Trinajstić information content (AvgIpc) is 2.71. The van der Waals surface area contributed by atoms with E-state index in [0.717, 1.165) is 25.0 Å². The lowest BCUT2D eigenvalue weighted by atomic mass is 9.89. The molecule has 1 fully saturated rings. The minimum Gasteiger partial charge on any atom is -0.393 e. The highest BCUT2D eigenvalue weighted by atomic mass is 16.3. The maximum atomic E-state index is 9.20. The van der Waals surface area contributed by atoms with Crippen LogP contribution in [-0.2, 0) is 6.54 Å². The standard InChI is InChI=1S/C12H15N3O/c16-11-6-10(7-11)14-8-9-2-1-4-15-5-3-13-12(9)15/h1-5,10-11,14,16H,6-8H2/t10-,11-. The summed E-state index contributed by atoms with van der Waals surface area (Å²) < 4.78 is 2.02. The lowest BCUT2D eigenvalue weighted by molar-refractivity contribution is 0.0619. The van der Waals surface area contributed by atoms with Gasteiger partial charge in [-0.25, -0.2) is 4.98 Å². The summed E-state index contributed by atoms with van der Waals surface area (Å²) in [5.74, 6) is 0. The zero-order valence-corrected chi connectivity index (χ0v) is 9.00. The molecule has 1 saturated carbocycles. The lowest BCUT2D eigenvalue weighted by Gasteiger charge is -2.32. The Morgan fingerprint density at radius 1 is 1.44 bits per heavy atom. The molecule has 3 rings (SSSR count). The van der Waals surface area contributed by atoms with Gasteiger partial charge in [0.05, 0.1) is 6.10 Å². The number of hydrogen-bond donors (Lipinski definition) is 2. The van der Waals surface area contributed by atoms with Crippen LogP contribution in [0.3, 0.4) is 0 Å². The van der Waals surface area contributed by atoms with E-state index in [0.29, 0.717) is 6.04 Å². The first-order valence-electron chi connectivity index (χ1n) is 5.65. The Morgan fingerprint density at radius 3 is 3.12 bits per heavy atom. The first kappa shape index (κ1) is 9.81. The molecule has 84 valence electrons.